The van der Waals surface area contributed by atoms with Crippen LogP contribution in [0.4, 0.5) is 0 Å². The van der Waals surface area contributed by atoms with E-state index >= 15 is 0 Å². The number of hydrogen-bond donors (Lipinski definition) is 0. The molecule has 2 rings (SSSR count). The molecule has 0 aliphatic heterocycles. The predicted octanol–water partition coefficient (Wildman–Crippen LogP) is 8.74. The normalized spacial score (nSPS) is 10.8. The monoisotopic (exact) mass is 545 g/mol. The van der Waals surface area contributed by atoms with Gasteiger partial charge in [-0.2, -0.15) is 0 Å². The molecular weight excluding hydrogens is 495 g/mol. The molecular formula is C32H50O5P+. The molecule has 212 valence electrons. The second-order valence-electron chi connectivity index (χ2n) is 9.78. The van der Waals surface area contributed by atoms with Crippen molar-refractivity contribution in [2.45, 2.75) is 105 Å². The SMILES string of the molecule is CCCCCOc1ccc([P+](=O)c2ccc(OCCCCC)cc2OCCCCC)c(OCCCCC)c1. The van der Waals surface area contributed by atoms with Gasteiger partial charge in [-0.3, -0.25) is 0 Å². The first-order valence-electron chi connectivity index (χ1n) is 14.9. The van der Waals surface area contributed by atoms with Crippen LogP contribution >= 0.6 is 7.80 Å². The molecule has 2 aromatic rings. The van der Waals surface area contributed by atoms with E-state index in [0.29, 0.717) is 48.5 Å². The van der Waals surface area contributed by atoms with Crippen LogP contribution in [0.1, 0.15) is 105 Å². The molecule has 0 aromatic heterocycles. The predicted molar refractivity (Wildman–Crippen MR) is 160 cm³/mol. The topological polar surface area (TPSA) is 54.0 Å². The summed E-state index contributed by atoms with van der Waals surface area (Å²) < 4.78 is 38.3. The second-order valence-corrected chi connectivity index (χ2v) is 11.3. The lowest BCUT2D eigenvalue weighted by Gasteiger charge is -2.12. The fraction of sp³-hybridized carbons (Fsp3) is 0.625. The van der Waals surface area contributed by atoms with Gasteiger partial charge in [0, 0.05) is 12.1 Å². The van der Waals surface area contributed by atoms with Crippen molar-refractivity contribution in [1.82, 2.24) is 0 Å². The van der Waals surface area contributed by atoms with Gasteiger partial charge in [0.05, 0.1) is 26.4 Å². The molecule has 0 unspecified atom stereocenters. The van der Waals surface area contributed by atoms with E-state index in [9.17, 15) is 4.57 Å². The number of rotatable bonds is 22. The third kappa shape index (κ3) is 11.6. The maximum atomic E-state index is 14.0. The molecule has 0 atom stereocenters. The average molecular weight is 546 g/mol. The molecule has 0 bridgehead atoms. The lowest BCUT2D eigenvalue weighted by atomic mass is 10.2. The van der Waals surface area contributed by atoms with Crippen LogP contribution in [0.3, 0.4) is 0 Å². The summed E-state index contributed by atoms with van der Waals surface area (Å²) in [4.78, 5) is 0. The minimum absolute atomic E-state index is 0.591. The summed E-state index contributed by atoms with van der Waals surface area (Å²) in [7, 11) is -1.93. The molecule has 0 radical (unpaired) electrons. The second kappa shape index (κ2) is 19.8. The first-order chi connectivity index (χ1) is 18.6. The maximum absolute atomic E-state index is 14.0. The Morgan fingerprint density at radius 1 is 0.500 bits per heavy atom. The van der Waals surface area contributed by atoms with Crippen molar-refractivity contribution in [3.8, 4) is 23.0 Å². The molecule has 0 N–H and O–H groups in total. The highest BCUT2D eigenvalue weighted by molar-refractivity contribution is 7.62. The van der Waals surface area contributed by atoms with Gasteiger partial charge in [-0.1, -0.05) is 83.6 Å². The smallest absolute Gasteiger partial charge is 0.423 e. The van der Waals surface area contributed by atoms with Crippen LogP contribution in [0.5, 0.6) is 23.0 Å². The van der Waals surface area contributed by atoms with E-state index in [1.54, 1.807) is 0 Å². The minimum atomic E-state index is -1.93. The lowest BCUT2D eigenvalue weighted by molar-refractivity contribution is 0.292. The molecule has 2 aromatic carbocycles. The zero-order valence-electron chi connectivity index (χ0n) is 24.3. The largest absolute Gasteiger partial charge is 0.493 e. The van der Waals surface area contributed by atoms with Crippen LogP contribution < -0.4 is 29.6 Å². The Morgan fingerprint density at radius 3 is 1.18 bits per heavy atom. The Bertz CT molecular complexity index is 857. The minimum Gasteiger partial charge on any atom is -0.493 e. The highest BCUT2D eigenvalue weighted by atomic mass is 31.1. The fourth-order valence-electron chi connectivity index (χ4n) is 4.02. The first-order valence-corrected chi connectivity index (χ1v) is 16.2. The van der Waals surface area contributed by atoms with Crippen LogP contribution in [-0.2, 0) is 4.57 Å². The molecule has 0 spiro atoms. The Labute approximate surface area is 232 Å². The number of hydrogen-bond acceptors (Lipinski definition) is 5. The number of benzene rings is 2. The molecule has 38 heavy (non-hydrogen) atoms. The van der Waals surface area contributed by atoms with E-state index < -0.39 is 7.80 Å². The van der Waals surface area contributed by atoms with Crippen LogP contribution in [0.15, 0.2) is 36.4 Å². The summed E-state index contributed by atoms with van der Waals surface area (Å²) >= 11 is 0. The molecule has 0 aliphatic rings. The Kier molecular flexibility index (Phi) is 16.6. The van der Waals surface area contributed by atoms with E-state index in [-0.39, 0.29) is 0 Å². The Morgan fingerprint density at radius 2 is 0.842 bits per heavy atom. The quantitative estimate of drug-likeness (QED) is 0.109. The molecule has 0 fully saturated rings. The van der Waals surface area contributed by atoms with Gasteiger partial charge in [0.25, 0.3) is 0 Å². The van der Waals surface area contributed by atoms with Crippen molar-refractivity contribution in [3.05, 3.63) is 36.4 Å². The van der Waals surface area contributed by atoms with Gasteiger partial charge in [0.15, 0.2) is 11.5 Å². The third-order valence-electron chi connectivity index (χ3n) is 6.34. The Hall–Kier alpha value is -2.26. The zero-order valence-corrected chi connectivity index (χ0v) is 25.2. The molecule has 0 saturated heterocycles. The highest BCUT2D eigenvalue weighted by Crippen LogP contribution is 2.34. The lowest BCUT2D eigenvalue weighted by Crippen LogP contribution is -2.15. The van der Waals surface area contributed by atoms with E-state index in [0.717, 1.165) is 88.5 Å². The van der Waals surface area contributed by atoms with Crippen LogP contribution in [0.2, 0.25) is 0 Å². The summed E-state index contributed by atoms with van der Waals surface area (Å²) in [6.45, 7) is 11.2. The van der Waals surface area contributed by atoms with Crippen molar-refractivity contribution in [2.24, 2.45) is 0 Å². The zero-order chi connectivity index (χ0) is 27.4. The van der Waals surface area contributed by atoms with Crippen molar-refractivity contribution in [2.75, 3.05) is 26.4 Å². The summed E-state index contributed by atoms with van der Waals surface area (Å²) in [6, 6.07) is 11.4. The van der Waals surface area contributed by atoms with Gasteiger partial charge < -0.3 is 18.9 Å². The van der Waals surface area contributed by atoms with E-state index in [1.807, 2.05) is 36.4 Å². The van der Waals surface area contributed by atoms with Gasteiger partial charge in [-0.05, 0) is 49.9 Å². The molecule has 6 heteroatoms. The average Bonchev–Trinajstić information content (AvgIpc) is 2.94. The van der Waals surface area contributed by atoms with Crippen molar-refractivity contribution in [1.29, 1.82) is 0 Å². The van der Waals surface area contributed by atoms with Crippen LogP contribution in [-0.4, -0.2) is 26.4 Å². The summed E-state index contributed by atoms with van der Waals surface area (Å²) in [5.74, 6) is 2.77. The van der Waals surface area contributed by atoms with Gasteiger partial charge in [-0.25, -0.2) is 0 Å². The fourth-order valence-corrected chi connectivity index (χ4v) is 5.36. The molecule has 5 nitrogen and oxygen atoms in total. The van der Waals surface area contributed by atoms with Gasteiger partial charge in [0.2, 0.25) is 10.6 Å². The third-order valence-corrected chi connectivity index (χ3v) is 7.96. The standard InChI is InChI=1S/C32H50O5P/c1-5-9-13-21-34-27-17-19-31(29(25-27)36-23-15-11-7-3)38(33)32-20-18-28(35-22-14-10-6-2)26-30(32)37-24-16-12-8-4/h17-20,25-26H,5-16,21-24H2,1-4H3/q+1. The molecule has 0 amide bonds. The van der Waals surface area contributed by atoms with E-state index in [1.165, 1.54) is 0 Å². The van der Waals surface area contributed by atoms with Crippen molar-refractivity contribution < 1.29 is 23.5 Å². The molecule has 0 aliphatic carbocycles. The van der Waals surface area contributed by atoms with Gasteiger partial charge >= 0.3 is 7.80 Å². The van der Waals surface area contributed by atoms with E-state index in [2.05, 4.69) is 27.7 Å². The number of unbranched alkanes of at least 4 members (excludes halogenated alkanes) is 8. The van der Waals surface area contributed by atoms with Crippen LogP contribution in [0.25, 0.3) is 0 Å². The molecule has 0 saturated carbocycles. The van der Waals surface area contributed by atoms with Crippen molar-refractivity contribution >= 4 is 18.4 Å². The Balaban J connectivity index is 2.29. The van der Waals surface area contributed by atoms with Gasteiger partial charge in [0.1, 0.15) is 11.5 Å². The number of ether oxygens (including phenoxy) is 4. The highest BCUT2D eigenvalue weighted by Gasteiger charge is 2.33. The summed E-state index contributed by atoms with van der Waals surface area (Å²) in [6.07, 6.45) is 13.0. The summed E-state index contributed by atoms with van der Waals surface area (Å²) in [5.41, 5.74) is 0. The van der Waals surface area contributed by atoms with E-state index in [4.69, 9.17) is 18.9 Å². The maximum Gasteiger partial charge on any atom is 0.423 e. The van der Waals surface area contributed by atoms with Crippen molar-refractivity contribution in [3.63, 3.8) is 0 Å². The van der Waals surface area contributed by atoms with Gasteiger partial charge in [-0.15, -0.1) is 0 Å². The first kappa shape index (κ1) is 32.0. The van der Waals surface area contributed by atoms with Crippen LogP contribution in [0, 0.1) is 0 Å². The molecule has 0 heterocycles. The summed E-state index contributed by atoms with van der Waals surface area (Å²) in [5, 5.41) is 1.35.